The largest absolute Gasteiger partial charge is 0.396 e. The number of benzene rings is 1. The number of anilines is 1. The van der Waals surface area contributed by atoms with Gasteiger partial charge in [0.15, 0.2) is 0 Å². The van der Waals surface area contributed by atoms with Crippen LogP contribution in [-0.4, -0.2) is 30.7 Å². The molecule has 1 aromatic rings. The minimum absolute atomic E-state index is 0.0864. The van der Waals surface area contributed by atoms with Gasteiger partial charge in [-0.2, -0.15) is 0 Å². The van der Waals surface area contributed by atoms with Crippen molar-refractivity contribution in [2.45, 2.75) is 23.5 Å². The molecule has 0 saturated heterocycles. The summed E-state index contributed by atoms with van der Waals surface area (Å²) >= 11 is 0. The lowest BCUT2D eigenvalue weighted by Gasteiger charge is -2.10. The molecule has 0 radical (unpaired) electrons. The maximum absolute atomic E-state index is 13.0. The number of halogens is 1. The second kappa shape index (κ2) is 6.44. The van der Waals surface area contributed by atoms with E-state index in [-0.39, 0.29) is 22.4 Å². The first-order valence-electron chi connectivity index (χ1n) is 5.61. The molecule has 2 atom stereocenters. The molecule has 0 fully saturated rings. The SMILES string of the molecule is CC(CCNS(=O)(=O)c1ccc(F)c(N)c1)S(C)=O. The zero-order chi connectivity index (χ0) is 14.6. The van der Waals surface area contributed by atoms with Gasteiger partial charge in [0, 0.05) is 28.9 Å². The molecule has 19 heavy (non-hydrogen) atoms. The van der Waals surface area contributed by atoms with Crippen molar-refractivity contribution in [1.82, 2.24) is 4.72 Å². The molecule has 0 bridgehead atoms. The van der Waals surface area contributed by atoms with Crippen LogP contribution in [0.5, 0.6) is 0 Å². The lowest BCUT2D eigenvalue weighted by molar-refractivity contribution is 0.577. The summed E-state index contributed by atoms with van der Waals surface area (Å²) in [6.45, 7) is 1.95. The minimum Gasteiger partial charge on any atom is -0.396 e. The first-order chi connectivity index (χ1) is 8.74. The second-order valence-corrected chi connectivity index (χ2v) is 7.75. The van der Waals surface area contributed by atoms with Gasteiger partial charge in [0.25, 0.3) is 0 Å². The molecular formula is C11H17FN2O3S2. The van der Waals surface area contributed by atoms with Crippen molar-refractivity contribution >= 4 is 26.5 Å². The predicted molar refractivity (Wildman–Crippen MR) is 74.1 cm³/mol. The molecule has 108 valence electrons. The zero-order valence-electron chi connectivity index (χ0n) is 10.7. The predicted octanol–water partition coefficient (Wildman–Crippen LogP) is 0.843. The Morgan fingerprint density at radius 1 is 1.47 bits per heavy atom. The summed E-state index contributed by atoms with van der Waals surface area (Å²) in [5.41, 5.74) is 5.11. The summed E-state index contributed by atoms with van der Waals surface area (Å²) in [6.07, 6.45) is 2.03. The molecule has 0 heterocycles. The normalized spacial score (nSPS) is 15.1. The van der Waals surface area contributed by atoms with Crippen molar-refractivity contribution in [2.75, 3.05) is 18.5 Å². The van der Waals surface area contributed by atoms with Crippen LogP contribution in [-0.2, 0) is 20.8 Å². The summed E-state index contributed by atoms with van der Waals surface area (Å²) in [5, 5.41) is -0.0963. The van der Waals surface area contributed by atoms with Crippen LogP contribution in [0.15, 0.2) is 23.1 Å². The van der Waals surface area contributed by atoms with Gasteiger partial charge in [0.05, 0.1) is 10.6 Å². The van der Waals surface area contributed by atoms with Crippen LogP contribution in [0.1, 0.15) is 13.3 Å². The number of nitrogens with one attached hydrogen (secondary N) is 1. The van der Waals surface area contributed by atoms with Crippen molar-refractivity contribution in [1.29, 1.82) is 0 Å². The van der Waals surface area contributed by atoms with Gasteiger partial charge in [-0.25, -0.2) is 17.5 Å². The number of hydrogen-bond donors (Lipinski definition) is 2. The lowest BCUT2D eigenvalue weighted by Crippen LogP contribution is -2.27. The van der Waals surface area contributed by atoms with Crippen molar-refractivity contribution in [3.05, 3.63) is 24.0 Å². The molecular weight excluding hydrogens is 291 g/mol. The molecule has 0 aliphatic heterocycles. The molecule has 8 heteroatoms. The molecule has 0 spiro atoms. The zero-order valence-corrected chi connectivity index (χ0v) is 12.4. The first kappa shape index (κ1) is 16.1. The van der Waals surface area contributed by atoms with Gasteiger partial charge in [-0.15, -0.1) is 0 Å². The van der Waals surface area contributed by atoms with Gasteiger partial charge in [-0.05, 0) is 24.6 Å². The topological polar surface area (TPSA) is 89.3 Å². The van der Waals surface area contributed by atoms with Crippen molar-refractivity contribution in [2.24, 2.45) is 0 Å². The molecule has 0 aliphatic carbocycles. The highest BCUT2D eigenvalue weighted by molar-refractivity contribution is 7.89. The quantitative estimate of drug-likeness (QED) is 0.762. The minimum atomic E-state index is -3.72. The van der Waals surface area contributed by atoms with Gasteiger partial charge in [0.2, 0.25) is 10.0 Å². The van der Waals surface area contributed by atoms with E-state index < -0.39 is 26.6 Å². The maximum Gasteiger partial charge on any atom is 0.240 e. The summed E-state index contributed by atoms with van der Waals surface area (Å²) in [5.74, 6) is -0.658. The van der Waals surface area contributed by atoms with E-state index in [2.05, 4.69) is 4.72 Å². The molecule has 1 aromatic carbocycles. The Hall–Kier alpha value is -0.990. The third-order valence-corrected chi connectivity index (χ3v) is 5.52. The second-order valence-electron chi connectivity index (χ2n) is 4.18. The fourth-order valence-electron chi connectivity index (χ4n) is 1.33. The summed E-state index contributed by atoms with van der Waals surface area (Å²) in [6, 6.07) is 3.22. The smallest absolute Gasteiger partial charge is 0.240 e. The van der Waals surface area contributed by atoms with E-state index in [1.807, 2.05) is 0 Å². The number of sulfonamides is 1. The molecule has 1 rings (SSSR count). The van der Waals surface area contributed by atoms with Crippen molar-refractivity contribution < 1.29 is 17.0 Å². The van der Waals surface area contributed by atoms with Crippen LogP contribution >= 0.6 is 0 Å². The van der Waals surface area contributed by atoms with Crippen molar-refractivity contribution in [3.8, 4) is 0 Å². The van der Waals surface area contributed by atoms with Gasteiger partial charge >= 0.3 is 0 Å². The number of nitrogens with two attached hydrogens (primary N) is 1. The molecule has 2 unspecified atom stereocenters. The fourth-order valence-corrected chi connectivity index (χ4v) is 2.87. The average molecular weight is 308 g/mol. The summed E-state index contributed by atoms with van der Waals surface area (Å²) < 4.78 is 50.2. The number of nitrogen functional groups attached to an aromatic ring is 1. The Bertz CT molecular complexity index is 575. The van der Waals surface area contributed by atoms with E-state index in [4.69, 9.17) is 5.73 Å². The molecule has 0 amide bonds. The van der Waals surface area contributed by atoms with Gasteiger partial charge in [0.1, 0.15) is 5.82 Å². The van der Waals surface area contributed by atoms with Crippen molar-refractivity contribution in [3.63, 3.8) is 0 Å². The van der Waals surface area contributed by atoms with E-state index in [1.54, 1.807) is 13.2 Å². The monoisotopic (exact) mass is 308 g/mol. The van der Waals surface area contributed by atoms with Gasteiger partial charge < -0.3 is 5.73 Å². The highest BCUT2D eigenvalue weighted by Crippen LogP contribution is 2.16. The standard InChI is InChI=1S/C11H17FN2O3S2/c1-8(18(2)15)5-6-14-19(16,17)9-3-4-10(12)11(13)7-9/h3-4,7-8,14H,5-6,13H2,1-2H3. The third-order valence-electron chi connectivity index (χ3n) is 2.69. The Kier molecular flexibility index (Phi) is 5.45. The molecule has 0 saturated carbocycles. The number of rotatable bonds is 6. The highest BCUT2D eigenvalue weighted by atomic mass is 32.2. The molecule has 0 aromatic heterocycles. The summed E-state index contributed by atoms with van der Waals surface area (Å²) in [7, 11) is -4.71. The maximum atomic E-state index is 13.0. The molecule has 0 aliphatic rings. The van der Waals surface area contributed by atoms with Crippen LogP contribution in [0.3, 0.4) is 0 Å². The summed E-state index contributed by atoms with van der Waals surface area (Å²) in [4.78, 5) is -0.0864. The van der Waals surface area contributed by atoms with E-state index in [9.17, 15) is 17.0 Å². The Labute approximate surface area is 114 Å². The average Bonchev–Trinajstić information content (AvgIpc) is 2.32. The Balaban J connectivity index is 2.71. The number of hydrogen-bond acceptors (Lipinski definition) is 4. The van der Waals surface area contributed by atoms with E-state index in [0.717, 1.165) is 18.2 Å². The third kappa shape index (κ3) is 4.55. The van der Waals surface area contributed by atoms with Crippen LogP contribution < -0.4 is 10.5 Å². The lowest BCUT2D eigenvalue weighted by atomic mass is 10.3. The van der Waals surface area contributed by atoms with Gasteiger partial charge in [-0.3, -0.25) is 4.21 Å². The van der Waals surface area contributed by atoms with Crippen LogP contribution in [0.2, 0.25) is 0 Å². The van der Waals surface area contributed by atoms with Crippen LogP contribution in [0, 0.1) is 5.82 Å². The van der Waals surface area contributed by atoms with E-state index in [1.165, 1.54) is 0 Å². The molecule has 5 nitrogen and oxygen atoms in total. The first-order valence-corrected chi connectivity index (χ1v) is 8.71. The van der Waals surface area contributed by atoms with Crippen LogP contribution in [0.25, 0.3) is 0 Å². The van der Waals surface area contributed by atoms with Crippen LogP contribution in [0.4, 0.5) is 10.1 Å². The van der Waals surface area contributed by atoms with E-state index in [0.29, 0.717) is 6.42 Å². The highest BCUT2D eigenvalue weighted by Gasteiger charge is 2.16. The fraction of sp³-hybridized carbons (Fsp3) is 0.455. The van der Waals surface area contributed by atoms with E-state index >= 15 is 0 Å². The molecule has 3 N–H and O–H groups in total. The Morgan fingerprint density at radius 3 is 2.63 bits per heavy atom. The Morgan fingerprint density at radius 2 is 2.11 bits per heavy atom. The van der Waals surface area contributed by atoms with Gasteiger partial charge in [-0.1, -0.05) is 6.92 Å².